The number of aliphatic hydroxyl groups is 1. The summed E-state index contributed by atoms with van der Waals surface area (Å²) in [6, 6.07) is 8.32. The Morgan fingerprint density at radius 3 is 2.74 bits per heavy atom. The summed E-state index contributed by atoms with van der Waals surface area (Å²) in [5.74, 6) is 0.164. The number of aliphatic hydroxyl groups excluding tert-OH is 1. The quantitative estimate of drug-likeness (QED) is 0.806. The summed E-state index contributed by atoms with van der Waals surface area (Å²) in [6.07, 6.45) is 1.05. The molecule has 19 heavy (non-hydrogen) atoms. The monoisotopic (exact) mass is 262 g/mol. The first-order valence-corrected chi connectivity index (χ1v) is 6.87. The molecule has 4 heteroatoms. The number of hydrogen-bond acceptors (Lipinski definition) is 3. The lowest BCUT2D eigenvalue weighted by Crippen LogP contribution is -2.38. The van der Waals surface area contributed by atoms with Crippen molar-refractivity contribution in [2.24, 2.45) is 0 Å². The fourth-order valence-electron chi connectivity index (χ4n) is 2.31. The predicted octanol–water partition coefficient (Wildman–Crippen LogP) is 1.07. The van der Waals surface area contributed by atoms with E-state index in [-0.39, 0.29) is 5.91 Å². The van der Waals surface area contributed by atoms with E-state index in [4.69, 9.17) is 0 Å². The Balaban J connectivity index is 1.67. The van der Waals surface area contributed by atoms with E-state index in [2.05, 4.69) is 36.5 Å². The summed E-state index contributed by atoms with van der Waals surface area (Å²) in [4.78, 5) is 13.2. The average molecular weight is 262 g/mol. The van der Waals surface area contributed by atoms with E-state index in [1.807, 2.05) is 0 Å². The van der Waals surface area contributed by atoms with E-state index >= 15 is 0 Å². The van der Waals surface area contributed by atoms with Gasteiger partial charge in [-0.05, 0) is 18.9 Å². The fourth-order valence-corrected chi connectivity index (χ4v) is 2.31. The van der Waals surface area contributed by atoms with E-state index < -0.39 is 6.10 Å². The lowest BCUT2D eigenvalue weighted by molar-refractivity contribution is -0.128. The van der Waals surface area contributed by atoms with Gasteiger partial charge in [0.1, 0.15) is 0 Å². The second kappa shape index (κ2) is 6.68. The van der Waals surface area contributed by atoms with Gasteiger partial charge in [-0.25, -0.2) is 0 Å². The Morgan fingerprint density at radius 2 is 2.11 bits per heavy atom. The van der Waals surface area contributed by atoms with E-state index in [0.717, 1.165) is 19.5 Å². The zero-order valence-electron chi connectivity index (χ0n) is 11.4. The number of nitrogens with zero attached hydrogens (tertiary/aromatic N) is 1. The highest BCUT2D eigenvalue weighted by molar-refractivity contribution is 5.78. The van der Waals surface area contributed by atoms with Crippen LogP contribution < -0.4 is 5.32 Å². The number of carbonyl (C=O) groups excluding carboxylic acids is 1. The summed E-state index contributed by atoms with van der Waals surface area (Å²) in [6.45, 7) is 4.55. The van der Waals surface area contributed by atoms with Crippen LogP contribution in [0.15, 0.2) is 24.3 Å². The van der Waals surface area contributed by atoms with Crippen molar-refractivity contribution in [2.45, 2.75) is 32.4 Å². The molecule has 0 unspecified atom stereocenters. The molecule has 104 valence electrons. The van der Waals surface area contributed by atoms with Crippen LogP contribution >= 0.6 is 0 Å². The molecule has 2 rings (SSSR count). The lowest BCUT2D eigenvalue weighted by atomic mass is 10.1. The van der Waals surface area contributed by atoms with Crippen LogP contribution in [0.2, 0.25) is 0 Å². The molecule has 0 saturated carbocycles. The van der Waals surface area contributed by atoms with Gasteiger partial charge in [0.05, 0.1) is 6.10 Å². The molecule has 0 spiro atoms. The summed E-state index contributed by atoms with van der Waals surface area (Å²) < 4.78 is 0. The van der Waals surface area contributed by atoms with Gasteiger partial charge in [0.2, 0.25) is 5.91 Å². The van der Waals surface area contributed by atoms with Gasteiger partial charge in [0, 0.05) is 32.6 Å². The number of likely N-dealkylation sites (tertiary alicyclic amines) is 1. The highest BCUT2D eigenvalue weighted by Crippen LogP contribution is 2.09. The third-order valence-electron chi connectivity index (χ3n) is 3.43. The van der Waals surface area contributed by atoms with Crippen molar-refractivity contribution in [3.05, 3.63) is 35.4 Å². The minimum atomic E-state index is -0.493. The van der Waals surface area contributed by atoms with E-state index in [0.29, 0.717) is 19.5 Å². The number of benzene rings is 1. The number of nitrogens with one attached hydrogen (secondary N) is 1. The SMILES string of the molecule is Cc1ccc(CNC[C@@H](O)CN2CCCC2=O)cc1. The molecule has 2 N–H and O–H groups in total. The molecule has 0 aliphatic carbocycles. The van der Waals surface area contributed by atoms with Gasteiger partial charge in [-0.1, -0.05) is 29.8 Å². The normalized spacial score (nSPS) is 16.9. The lowest BCUT2D eigenvalue weighted by Gasteiger charge is -2.20. The van der Waals surface area contributed by atoms with Gasteiger partial charge in [-0.3, -0.25) is 4.79 Å². The third kappa shape index (κ3) is 4.33. The summed E-state index contributed by atoms with van der Waals surface area (Å²) in [5, 5.41) is 13.1. The third-order valence-corrected chi connectivity index (χ3v) is 3.43. The van der Waals surface area contributed by atoms with Crippen LogP contribution in [0.5, 0.6) is 0 Å². The molecule has 1 aromatic carbocycles. The minimum Gasteiger partial charge on any atom is -0.390 e. The first-order valence-electron chi connectivity index (χ1n) is 6.87. The minimum absolute atomic E-state index is 0.164. The van der Waals surface area contributed by atoms with Crippen molar-refractivity contribution >= 4 is 5.91 Å². The number of aryl methyl sites for hydroxylation is 1. The Labute approximate surface area is 114 Å². The molecule has 1 amide bonds. The van der Waals surface area contributed by atoms with Crippen molar-refractivity contribution in [1.29, 1.82) is 0 Å². The largest absolute Gasteiger partial charge is 0.390 e. The van der Waals surface area contributed by atoms with Gasteiger partial charge in [0.25, 0.3) is 0 Å². The predicted molar refractivity (Wildman–Crippen MR) is 74.7 cm³/mol. The van der Waals surface area contributed by atoms with E-state index in [1.54, 1.807) is 4.90 Å². The summed E-state index contributed by atoms with van der Waals surface area (Å²) in [7, 11) is 0. The van der Waals surface area contributed by atoms with Crippen LogP contribution in [0, 0.1) is 6.92 Å². The van der Waals surface area contributed by atoms with Crippen molar-refractivity contribution in [3.8, 4) is 0 Å². The summed E-state index contributed by atoms with van der Waals surface area (Å²) >= 11 is 0. The number of carbonyl (C=O) groups is 1. The maximum atomic E-state index is 11.4. The highest BCUT2D eigenvalue weighted by Gasteiger charge is 2.22. The summed E-state index contributed by atoms with van der Waals surface area (Å²) in [5.41, 5.74) is 2.45. The maximum Gasteiger partial charge on any atom is 0.222 e. The van der Waals surface area contributed by atoms with E-state index in [9.17, 15) is 9.90 Å². The van der Waals surface area contributed by atoms with Crippen LogP contribution in [-0.4, -0.2) is 41.7 Å². The van der Waals surface area contributed by atoms with Crippen LogP contribution in [0.4, 0.5) is 0 Å². The van der Waals surface area contributed by atoms with Crippen LogP contribution in [0.3, 0.4) is 0 Å². The van der Waals surface area contributed by atoms with Crippen molar-refractivity contribution in [2.75, 3.05) is 19.6 Å². The Hall–Kier alpha value is -1.39. The van der Waals surface area contributed by atoms with E-state index in [1.165, 1.54) is 11.1 Å². The molecule has 0 bridgehead atoms. The zero-order chi connectivity index (χ0) is 13.7. The molecule has 1 aliphatic rings. The van der Waals surface area contributed by atoms with Gasteiger partial charge < -0.3 is 15.3 Å². The molecular formula is C15H22N2O2. The molecule has 1 aliphatic heterocycles. The average Bonchev–Trinajstić information content (AvgIpc) is 2.78. The van der Waals surface area contributed by atoms with Crippen LogP contribution in [-0.2, 0) is 11.3 Å². The smallest absolute Gasteiger partial charge is 0.222 e. The first kappa shape index (κ1) is 14.0. The molecule has 1 atom stereocenters. The van der Waals surface area contributed by atoms with Crippen LogP contribution in [0.1, 0.15) is 24.0 Å². The molecule has 1 saturated heterocycles. The standard InChI is InChI=1S/C15H22N2O2/c1-12-4-6-13(7-5-12)9-16-10-14(18)11-17-8-2-3-15(17)19/h4-7,14,16,18H,2-3,8-11H2,1H3/t14-/m1/s1. The first-order chi connectivity index (χ1) is 9.15. The molecule has 4 nitrogen and oxygen atoms in total. The second-order valence-electron chi connectivity index (χ2n) is 5.21. The molecule has 1 aromatic rings. The number of hydrogen-bond donors (Lipinski definition) is 2. The maximum absolute atomic E-state index is 11.4. The Morgan fingerprint density at radius 1 is 1.37 bits per heavy atom. The fraction of sp³-hybridized carbons (Fsp3) is 0.533. The number of β-amino-alcohol motifs (C(OH)–C–C–N with tert-alkyl or cyclic N) is 1. The Bertz CT molecular complexity index is 417. The topological polar surface area (TPSA) is 52.6 Å². The molecule has 1 fully saturated rings. The van der Waals surface area contributed by atoms with Gasteiger partial charge in [-0.15, -0.1) is 0 Å². The van der Waals surface area contributed by atoms with Gasteiger partial charge >= 0.3 is 0 Å². The van der Waals surface area contributed by atoms with Gasteiger partial charge in [0.15, 0.2) is 0 Å². The Kier molecular flexibility index (Phi) is 4.93. The zero-order valence-corrected chi connectivity index (χ0v) is 11.4. The number of rotatable bonds is 6. The molecule has 0 radical (unpaired) electrons. The van der Waals surface area contributed by atoms with Crippen molar-refractivity contribution in [1.82, 2.24) is 10.2 Å². The molecule has 1 heterocycles. The molecular weight excluding hydrogens is 240 g/mol. The van der Waals surface area contributed by atoms with Crippen molar-refractivity contribution < 1.29 is 9.90 Å². The molecule has 0 aromatic heterocycles. The number of amides is 1. The van der Waals surface area contributed by atoms with Gasteiger partial charge in [-0.2, -0.15) is 0 Å². The van der Waals surface area contributed by atoms with Crippen LogP contribution in [0.25, 0.3) is 0 Å². The van der Waals surface area contributed by atoms with Crippen molar-refractivity contribution in [3.63, 3.8) is 0 Å². The highest BCUT2D eigenvalue weighted by atomic mass is 16.3. The second-order valence-corrected chi connectivity index (χ2v) is 5.21.